The predicted molar refractivity (Wildman–Crippen MR) is 69.2 cm³/mol. The maximum atomic E-state index is 11.5. The third kappa shape index (κ3) is 2.26. The fourth-order valence-corrected chi connectivity index (χ4v) is 2.25. The molecule has 0 unspecified atom stereocenters. The molecular weight excluding hydrogens is 252 g/mol. The van der Waals surface area contributed by atoms with E-state index in [0.717, 1.165) is 5.52 Å². The molecular formula is C12H16N2O3S. The number of ether oxygens (including phenoxy) is 1. The van der Waals surface area contributed by atoms with Crippen molar-refractivity contribution in [3.8, 4) is 0 Å². The van der Waals surface area contributed by atoms with Gasteiger partial charge in [-0.2, -0.15) is 0 Å². The predicted octanol–water partition coefficient (Wildman–Crippen LogP) is 1.85. The SMILES string of the molecule is COC(C)(C)c1nc2ccc(S(C)(=O)=O)cc2[nH]1. The molecule has 1 aromatic carbocycles. The Morgan fingerprint density at radius 2 is 2.00 bits per heavy atom. The molecule has 0 atom stereocenters. The first-order valence-electron chi connectivity index (χ1n) is 5.49. The minimum Gasteiger partial charge on any atom is -0.371 e. The van der Waals surface area contributed by atoms with Gasteiger partial charge in [0.1, 0.15) is 11.4 Å². The van der Waals surface area contributed by atoms with Crippen LogP contribution in [0.3, 0.4) is 0 Å². The van der Waals surface area contributed by atoms with Gasteiger partial charge in [-0.05, 0) is 32.0 Å². The van der Waals surface area contributed by atoms with E-state index in [1.165, 1.54) is 6.26 Å². The Morgan fingerprint density at radius 1 is 1.33 bits per heavy atom. The first-order chi connectivity index (χ1) is 8.24. The zero-order chi connectivity index (χ0) is 13.6. The summed E-state index contributed by atoms with van der Waals surface area (Å²) >= 11 is 0. The summed E-state index contributed by atoms with van der Waals surface area (Å²) in [7, 11) is -1.60. The van der Waals surface area contributed by atoms with E-state index in [9.17, 15) is 8.42 Å². The van der Waals surface area contributed by atoms with E-state index in [2.05, 4.69) is 9.97 Å². The van der Waals surface area contributed by atoms with Crippen molar-refractivity contribution >= 4 is 20.9 Å². The number of rotatable bonds is 3. The quantitative estimate of drug-likeness (QED) is 0.922. The van der Waals surface area contributed by atoms with Crippen LogP contribution in [0.2, 0.25) is 0 Å². The molecule has 2 aromatic rings. The summed E-state index contributed by atoms with van der Waals surface area (Å²) < 4.78 is 28.3. The van der Waals surface area contributed by atoms with E-state index in [1.54, 1.807) is 25.3 Å². The number of sulfone groups is 1. The van der Waals surface area contributed by atoms with Crippen molar-refractivity contribution in [3.63, 3.8) is 0 Å². The van der Waals surface area contributed by atoms with Gasteiger partial charge in [-0.25, -0.2) is 13.4 Å². The molecule has 0 spiro atoms. The average Bonchev–Trinajstić information content (AvgIpc) is 2.71. The van der Waals surface area contributed by atoms with Gasteiger partial charge in [-0.15, -0.1) is 0 Å². The minimum absolute atomic E-state index is 0.278. The van der Waals surface area contributed by atoms with Gasteiger partial charge in [0.25, 0.3) is 0 Å². The number of methoxy groups -OCH3 is 1. The van der Waals surface area contributed by atoms with E-state index >= 15 is 0 Å². The van der Waals surface area contributed by atoms with Crippen molar-refractivity contribution in [2.24, 2.45) is 0 Å². The van der Waals surface area contributed by atoms with Crippen molar-refractivity contribution in [1.29, 1.82) is 0 Å². The molecule has 2 rings (SSSR count). The summed E-state index contributed by atoms with van der Waals surface area (Å²) in [6, 6.07) is 4.84. The van der Waals surface area contributed by atoms with Gasteiger partial charge in [0.05, 0.1) is 15.9 Å². The molecule has 0 bridgehead atoms. The zero-order valence-corrected chi connectivity index (χ0v) is 11.6. The minimum atomic E-state index is -3.21. The molecule has 0 radical (unpaired) electrons. The van der Waals surface area contributed by atoms with Crippen LogP contribution >= 0.6 is 0 Å². The number of aromatic amines is 1. The average molecular weight is 268 g/mol. The molecule has 98 valence electrons. The van der Waals surface area contributed by atoms with Crippen LogP contribution in [0.15, 0.2) is 23.1 Å². The van der Waals surface area contributed by atoms with Gasteiger partial charge < -0.3 is 9.72 Å². The lowest BCUT2D eigenvalue weighted by molar-refractivity contribution is 0.0124. The second kappa shape index (κ2) is 4.07. The molecule has 0 saturated heterocycles. The molecule has 0 fully saturated rings. The highest BCUT2D eigenvalue weighted by atomic mass is 32.2. The lowest BCUT2D eigenvalue weighted by atomic mass is 10.1. The van der Waals surface area contributed by atoms with Crippen molar-refractivity contribution < 1.29 is 13.2 Å². The second-order valence-electron chi connectivity index (χ2n) is 4.75. The van der Waals surface area contributed by atoms with Crippen molar-refractivity contribution in [2.75, 3.05) is 13.4 Å². The normalized spacial score (nSPS) is 13.1. The number of nitrogens with zero attached hydrogens (tertiary/aromatic N) is 1. The molecule has 0 aliphatic heterocycles. The number of benzene rings is 1. The summed E-state index contributed by atoms with van der Waals surface area (Å²) in [5.41, 5.74) is 0.880. The monoisotopic (exact) mass is 268 g/mol. The number of hydrogen-bond acceptors (Lipinski definition) is 4. The number of aromatic nitrogens is 2. The smallest absolute Gasteiger partial charge is 0.175 e. The van der Waals surface area contributed by atoms with Crippen LogP contribution in [0, 0.1) is 0 Å². The van der Waals surface area contributed by atoms with Crippen LogP contribution < -0.4 is 0 Å². The van der Waals surface area contributed by atoms with E-state index in [-0.39, 0.29) is 4.90 Å². The number of hydrogen-bond donors (Lipinski definition) is 1. The highest BCUT2D eigenvalue weighted by molar-refractivity contribution is 7.90. The zero-order valence-electron chi connectivity index (χ0n) is 10.8. The largest absolute Gasteiger partial charge is 0.371 e. The van der Waals surface area contributed by atoms with E-state index < -0.39 is 15.4 Å². The molecule has 1 heterocycles. The summed E-state index contributed by atoms with van der Waals surface area (Å²) in [5, 5.41) is 0. The van der Waals surface area contributed by atoms with Gasteiger partial charge in [-0.1, -0.05) is 0 Å². The molecule has 1 N–H and O–H groups in total. The third-order valence-corrected chi connectivity index (χ3v) is 4.07. The van der Waals surface area contributed by atoms with Crippen LogP contribution in [0.1, 0.15) is 19.7 Å². The van der Waals surface area contributed by atoms with Gasteiger partial charge >= 0.3 is 0 Å². The fourth-order valence-electron chi connectivity index (χ4n) is 1.60. The fraction of sp³-hybridized carbons (Fsp3) is 0.417. The van der Waals surface area contributed by atoms with Gasteiger partial charge in [0, 0.05) is 13.4 Å². The number of H-pyrrole nitrogens is 1. The third-order valence-electron chi connectivity index (χ3n) is 2.96. The highest BCUT2D eigenvalue weighted by Gasteiger charge is 2.23. The molecule has 0 amide bonds. The van der Waals surface area contributed by atoms with Crippen LogP contribution in [0.4, 0.5) is 0 Å². The number of fused-ring (bicyclic) bond motifs is 1. The Balaban J connectivity index is 2.60. The first-order valence-corrected chi connectivity index (χ1v) is 7.38. The Morgan fingerprint density at radius 3 is 2.56 bits per heavy atom. The summed E-state index contributed by atoms with van der Waals surface area (Å²) in [5.74, 6) is 0.672. The lowest BCUT2D eigenvalue weighted by Gasteiger charge is -2.19. The summed E-state index contributed by atoms with van der Waals surface area (Å²) in [6.45, 7) is 3.78. The maximum Gasteiger partial charge on any atom is 0.175 e. The Bertz CT molecular complexity index is 686. The molecule has 6 heteroatoms. The van der Waals surface area contributed by atoms with Gasteiger partial charge in [0.2, 0.25) is 0 Å². The standard InChI is InChI=1S/C12H16N2O3S/c1-12(2,17-3)11-13-9-6-5-8(18(4,15)16)7-10(9)14-11/h5-7H,1-4H3,(H,13,14). The summed E-state index contributed by atoms with van der Waals surface area (Å²) in [6.07, 6.45) is 1.19. The van der Waals surface area contributed by atoms with Crippen LogP contribution in [0.25, 0.3) is 11.0 Å². The molecule has 18 heavy (non-hydrogen) atoms. The van der Waals surface area contributed by atoms with E-state index in [0.29, 0.717) is 11.3 Å². The van der Waals surface area contributed by atoms with Gasteiger partial charge in [-0.3, -0.25) is 0 Å². The second-order valence-corrected chi connectivity index (χ2v) is 6.77. The summed E-state index contributed by atoms with van der Waals surface area (Å²) in [4.78, 5) is 7.78. The van der Waals surface area contributed by atoms with Crippen molar-refractivity contribution in [2.45, 2.75) is 24.3 Å². The number of nitrogens with one attached hydrogen (secondary N) is 1. The molecule has 0 saturated carbocycles. The van der Waals surface area contributed by atoms with E-state index in [1.807, 2.05) is 13.8 Å². The highest BCUT2D eigenvalue weighted by Crippen LogP contribution is 2.25. The van der Waals surface area contributed by atoms with Crippen LogP contribution in [-0.4, -0.2) is 31.8 Å². The Hall–Kier alpha value is -1.40. The van der Waals surface area contributed by atoms with Crippen molar-refractivity contribution in [3.05, 3.63) is 24.0 Å². The Kier molecular flexibility index (Phi) is 2.95. The maximum absolute atomic E-state index is 11.5. The van der Waals surface area contributed by atoms with Crippen molar-refractivity contribution in [1.82, 2.24) is 9.97 Å². The molecule has 5 nitrogen and oxygen atoms in total. The van der Waals surface area contributed by atoms with E-state index in [4.69, 9.17) is 4.74 Å². The van der Waals surface area contributed by atoms with Crippen LogP contribution in [0.5, 0.6) is 0 Å². The van der Waals surface area contributed by atoms with Gasteiger partial charge in [0.15, 0.2) is 9.84 Å². The number of imidazole rings is 1. The molecule has 0 aliphatic carbocycles. The lowest BCUT2D eigenvalue weighted by Crippen LogP contribution is -2.21. The first kappa shape index (κ1) is 13.0. The van der Waals surface area contributed by atoms with Crippen LogP contribution in [-0.2, 0) is 20.2 Å². The topological polar surface area (TPSA) is 72.0 Å². The molecule has 1 aromatic heterocycles. The Labute approximate surface area is 106 Å². The molecule has 0 aliphatic rings.